The normalized spacial score (nSPS) is 10.3. The average molecular weight is 181 g/mol. The van der Waals surface area contributed by atoms with Crippen molar-refractivity contribution in [3.8, 4) is 0 Å². The quantitative estimate of drug-likeness (QED) is 0.532. The number of aryl methyl sites for hydroxylation is 2. The lowest BCUT2D eigenvalue weighted by atomic mass is 10.1. The van der Waals surface area contributed by atoms with Gasteiger partial charge in [-0.25, -0.2) is 0 Å². The number of benzene rings is 1. The van der Waals surface area contributed by atoms with Crippen molar-refractivity contribution in [1.82, 2.24) is 0 Å². The molecule has 0 aliphatic heterocycles. The molecule has 0 radical (unpaired) electrons. The summed E-state index contributed by atoms with van der Waals surface area (Å²) < 4.78 is 0. The molecule has 1 nitrogen and oxygen atoms in total. The number of hydrogen-bond donors (Lipinski definition) is 1. The molecule has 0 amide bonds. The molecule has 0 atom stereocenters. The number of rotatable bonds is 1. The Morgan fingerprint density at radius 1 is 1.17 bits per heavy atom. The fourth-order valence-corrected chi connectivity index (χ4v) is 2.29. The molecule has 0 saturated carbocycles. The van der Waals surface area contributed by atoms with Gasteiger partial charge in [0.1, 0.15) is 0 Å². The van der Waals surface area contributed by atoms with E-state index in [1.165, 1.54) is 21.6 Å². The minimum absolute atomic E-state index is 0.935. The van der Waals surface area contributed by atoms with Gasteiger partial charge in [0.15, 0.2) is 0 Å². The van der Waals surface area contributed by atoms with E-state index in [1.54, 1.807) is 11.8 Å². The minimum Gasteiger partial charge on any atom is -0.398 e. The third kappa shape index (κ3) is 1.44. The van der Waals surface area contributed by atoms with E-state index in [1.807, 2.05) is 0 Å². The molecule has 0 fully saturated rings. The molecule has 0 heterocycles. The summed E-state index contributed by atoms with van der Waals surface area (Å²) in [6.45, 7) is 6.27. The van der Waals surface area contributed by atoms with Crippen LogP contribution in [0.1, 0.15) is 16.7 Å². The lowest BCUT2D eigenvalue weighted by Gasteiger charge is -2.12. The van der Waals surface area contributed by atoms with Gasteiger partial charge in [0, 0.05) is 10.6 Å². The smallest absolute Gasteiger partial charge is 0.0384 e. The molecular formula is C10H15NS. The van der Waals surface area contributed by atoms with Crippen molar-refractivity contribution in [3.05, 3.63) is 22.8 Å². The fourth-order valence-electron chi connectivity index (χ4n) is 1.50. The monoisotopic (exact) mass is 181 g/mol. The molecule has 0 bridgehead atoms. The summed E-state index contributed by atoms with van der Waals surface area (Å²) in [5.74, 6) is 0. The summed E-state index contributed by atoms with van der Waals surface area (Å²) in [5.41, 5.74) is 10.6. The van der Waals surface area contributed by atoms with Crippen LogP contribution in [-0.2, 0) is 0 Å². The molecular weight excluding hydrogens is 166 g/mol. The lowest BCUT2D eigenvalue weighted by Crippen LogP contribution is -1.97. The largest absolute Gasteiger partial charge is 0.398 e. The van der Waals surface area contributed by atoms with E-state index in [0.29, 0.717) is 0 Å². The predicted molar refractivity (Wildman–Crippen MR) is 56.8 cm³/mol. The Kier molecular flexibility index (Phi) is 2.68. The van der Waals surface area contributed by atoms with Crippen molar-refractivity contribution in [3.63, 3.8) is 0 Å². The molecule has 0 aromatic heterocycles. The van der Waals surface area contributed by atoms with Gasteiger partial charge in [-0.15, -0.1) is 11.8 Å². The van der Waals surface area contributed by atoms with Gasteiger partial charge >= 0.3 is 0 Å². The Morgan fingerprint density at radius 2 is 1.75 bits per heavy atom. The van der Waals surface area contributed by atoms with Gasteiger partial charge in [-0.3, -0.25) is 0 Å². The Morgan fingerprint density at radius 3 is 2.25 bits per heavy atom. The number of anilines is 1. The van der Waals surface area contributed by atoms with E-state index < -0.39 is 0 Å². The number of hydrogen-bond acceptors (Lipinski definition) is 2. The molecule has 1 aromatic carbocycles. The third-order valence-electron chi connectivity index (χ3n) is 2.16. The van der Waals surface area contributed by atoms with Crippen molar-refractivity contribution in [2.24, 2.45) is 0 Å². The van der Waals surface area contributed by atoms with E-state index in [2.05, 4.69) is 33.1 Å². The summed E-state index contributed by atoms with van der Waals surface area (Å²) in [4.78, 5) is 1.32. The highest BCUT2D eigenvalue weighted by molar-refractivity contribution is 7.98. The molecule has 0 aliphatic rings. The molecule has 0 aliphatic carbocycles. The zero-order valence-corrected chi connectivity index (χ0v) is 8.88. The highest BCUT2D eigenvalue weighted by atomic mass is 32.2. The summed E-state index contributed by atoms with van der Waals surface area (Å²) in [5, 5.41) is 0. The Hall–Kier alpha value is -0.630. The first-order valence-electron chi connectivity index (χ1n) is 3.98. The van der Waals surface area contributed by atoms with E-state index in [9.17, 15) is 0 Å². The molecule has 12 heavy (non-hydrogen) atoms. The number of nitrogen functional groups attached to an aromatic ring is 1. The molecule has 2 heteroatoms. The van der Waals surface area contributed by atoms with Crippen LogP contribution in [0.4, 0.5) is 5.69 Å². The molecule has 1 rings (SSSR count). The number of nitrogens with two attached hydrogens (primary N) is 1. The van der Waals surface area contributed by atoms with Crippen LogP contribution in [0.5, 0.6) is 0 Å². The van der Waals surface area contributed by atoms with E-state index in [-0.39, 0.29) is 0 Å². The molecule has 0 spiro atoms. The second-order valence-corrected chi connectivity index (χ2v) is 3.90. The van der Waals surface area contributed by atoms with Crippen molar-refractivity contribution in [1.29, 1.82) is 0 Å². The van der Waals surface area contributed by atoms with Crippen molar-refractivity contribution >= 4 is 17.4 Å². The first-order valence-corrected chi connectivity index (χ1v) is 5.20. The van der Waals surface area contributed by atoms with Crippen LogP contribution in [-0.4, -0.2) is 6.26 Å². The van der Waals surface area contributed by atoms with Gasteiger partial charge in [0.05, 0.1) is 0 Å². The second kappa shape index (κ2) is 3.40. The fraction of sp³-hybridized carbons (Fsp3) is 0.400. The number of thioether (sulfide) groups is 1. The SMILES string of the molecule is CSc1c(C)cc(C)c(N)c1C. The molecule has 0 saturated heterocycles. The van der Waals surface area contributed by atoms with Crippen LogP contribution in [0.2, 0.25) is 0 Å². The zero-order valence-electron chi connectivity index (χ0n) is 8.06. The lowest BCUT2D eigenvalue weighted by molar-refractivity contribution is 1.20. The Labute approximate surface area is 78.4 Å². The van der Waals surface area contributed by atoms with Crippen LogP contribution in [0.3, 0.4) is 0 Å². The van der Waals surface area contributed by atoms with Gasteiger partial charge in [0.25, 0.3) is 0 Å². The van der Waals surface area contributed by atoms with Crippen LogP contribution in [0, 0.1) is 20.8 Å². The maximum Gasteiger partial charge on any atom is 0.0384 e. The average Bonchev–Trinajstić information content (AvgIpc) is 2.01. The predicted octanol–water partition coefficient (Wildman–Crippen LogP) is 2.92. The van der Waals surface area contributed by atoms with Crippen molar-refractivity contribution < 1.29 is 0 Å². The van der Waals surface area contributed by atoms with Gasteiger partial charge < -0.3 is 5.73 Å². The van der Waals surface area contributed by atoms with Crippen molar-refractivity contribution in [2.45, 2.75) is 25.7 Å². The Bertz CT molecular complexity index is 305. The highest BCUT2D eigenvalue weighted by Crippen LogP contribution is 2.30. The van der Waals surface area contributed by atoms with Gasteiger partial charge in [-0.05, 0) is 43.7 Å². The second-order valence-electron chi connectivity index (χ2n) is 3.08. The van der Waals surface area contributed by atoms with Crippen LogP contribution >= 0.6 is 11.8 Å². The van der Waals surface area contributed by atoms with Gasteiger partial charge in [-0.1, -0.05) is 6.07 Å². The molecule has 2 N–H and O–H groups in total. The van der Waals surface area contributed by atoms with Gasteiger partial charge in [0.2, 0.25) is 0 Å². The standard InChI is InChI=1S/C10H15NS/c1-6-5-7(2)10(12-4)8(3)9(6)11/h5H,11H2,1-4H3. The Balaban J connectivity index is 3.40. The van der Waals surface area contributed by atoms with E-state index in [0.717, 1.165) is 5.69 Å². The summed E-state index contributed by atoms with van der Waals surface area (Å²) in [6, 6.07) is 2.15. The maximum absolute atomic E-state index is 5.91. The minimum atomic E-state index is 0.935. The van der Waals surface area contributed by atoms with Crippen LogP contribution in [0.15, 0.2) is 11.0 Å². The molecule has 1 aromatic rings. The molecule has 0 unspecified atom stereocenters. The van der Waals surface area contributed by atoms with E-state index >= 15 is 0 Å². The summed E-state index contributed by atoms with van der Waals surface area (Å²) in [6.07, 6.45) is 2.09. The molecule has 66 valence electrons. The maximum atomic E-state index is 5.91. The van der Waals surface area contributed by atoms with Gasteiger partial charge in [-0.2, -0.15) is 0 Å². The summed E-state index contributed by atoms with van der Waals surface area (Å²) in [7, 11) is 0. The zero-order chi connectivity index (χ0) is 9.30. The first kappa shape index (κ1) is 9.46. The van der Waals surface area contributed by atoms with Crippen LogP contribution < -0.4 is 5.73 Å². The van der Waals surface area contributed by atoms with Crippen molar-refractivity contribution in [2.75, 3.05) is 12.0 Å². The first-order chi connectivity index (χ1) is 5.57. The van der Waals surface area contributed by atoms with E-state index in [4.69, 9.17) is 5.73 Å². The summed E-state index contributed by atoms with van der Waals surface area (Å²) >= 11 is 1.76. The highest BCUT2D eigenvalue weighted by Gasteiger charge is 2.06. The topological polar surface area (TPSA) is 26.0 Å². The third-order valence-corrected chi connectivity index (χ3v) is 3.20. The van der Waals surface area contributed by atoms with Crippen LogP contribution in [0.25, 0.3) is 0 Å².